The van der Waals surface area contributed by atoms with Gasteiger partial charge < -0.3 is 10.4 Å². The fraction of sp³-hybridized carbons (Fsp3) is 0.857. The molecule has 102 valence electrons. The van der Waals surface area contributed by atoms with Crippen LogP contribution in [0.5, 0.6) is 0 Å². The highest BCUT2D eigenvalue weighted by molar-refractivity contribution is 5.85. The summed E-state index contributed by atoms with van der Waals surface area (Å²) < 4.78 is 0. The van der Waals surface area contributed by atoms with E-state index in [0.717, 1.165) is 19.3 Å². The zero-order chi connectivity index (χ0) is 13.2. The largest absolute Gasteiger partial charge is 0.481 e. The molecule has 0 aromatic heterocycles. The lowest BCUT2D eigenvalue weighted by atomic mass is 9.66. The van der Waals surface area contributed by atoms with Gasteiger partial charge in [0.2, 0.25) is 5.91 Å². The van der Waals surface area contributed by atoms with Crippen LogP contribution in [0.3, 0.4) is 0 Å². The summed E-state index contributed by atoms with van der Waals surface area (Å²) in [6.07, 6.45) is 7.18. The first kappa shape index (κ1) is 13.4. The van der Waals surface area contributed by atoms with Crippen molar-refractivity contribution in [1.29, 1.82) is 0 Å². The van der Waals surface area contributed by atoms with Gasteiger partial charge in [-0.25, -0.2) is 0 Å². The summed E-state index contributed by atoms with van der Waals surface area (Å²) in [7, 11) is 0. The van der Waals surface area contributed by atoms with E-state index >= 15 is 0 Å². The van der Waals surface area contributed by atoms with E-state index in [9.17, 15) is 14.7 Å². The van der Waals surface area contributed by atoms with Gasteiger partial charge in [0.15, 0.2) is 0 Å². The van der Waals surface area contributed by atoms with Crippen molar-refractivity contribution in [2.24, 2.45) is 10.8 Å². The average Bonchev–Trinajstić information content (AvgIpc) is 2.68. The van der Waals surface area contributed by atoms with Gasteiger partial charge in [-0.3, -0.25) is 9.59 Å². The van der Waals surface area contributed by atoms with Crippen LogP contribution in [0, 0.1) is 10.8 Å². The first-order valence-corrected chi connectivity index (χ1v) is 6.96. The number of rotatable bonds is 5. The maximum atomic E-state index is 11.9. The molecule has 4 nitrogen and oxygen atoms in total. The van der Waals surface area contributed by atoms with Crippen LogP contribution >= 0.6 is 0 Å². The lowest BCUT2D eigenvalue weighted by Crippen LogP contribution is -2.44. The van der Waals surface area contributed by atoms with Crippen LogP contribution in [0.4, 0.5) is 0 Å². The van der Waals surface area contributed by atoms with Crippen molar-refractivity contribution in [2.75, 3.05) is 6.54 Å². The Kier molecular flexibility index (Phi) is 3.64. The monoisotopic (exact) mass is 253 g/mol. The second kappa shape index (κ2) is 4.90. The van der Waals surface area contributed by atoms with Crippen LogP contribution in [0.2, 0.25) is 0 Å². The molecule has 2 saturated carbocycles. The molecule has 2 aliphatic carbocycles. The number of carboxylic acid groups (broad SMARTS) is 1. The van der Waals surface area contributed by atoms with Gasteiger partial charge >= 0.3 is 5.97 Å². The molecule has 0 radical (unpaired) electrons. The van der Waals surface area contributed by atoms with Gasteiger partial charge in [0.05, 0.1) is 5.41 Å². The van der Waals surface area contributed by atoms with Gasteiger partial charge in [-0.2, -0.15) is 0 Å². The van der Waals surface area contributed by atoms with Gasteiger partial charge in [-0.15, -0.1) is 0 Å². The number of carbonyl (C=O) groups is 2. The fourth-order valence-electron chi connectivity index (χ4n) is 3.16. The van der Waals surface area contributed by atoms with Crippen LogP contribution in [-0.4, -0.2) is 23.5 Å². The number of hydrogen-bond donors (Lipinski definition) is 2. The Morgan fingerprint density at radius 3 is 2.17 bits per heavy atom. The molecule has 0 aromatic carbocycles. The summed E-state index contributed by atoms with van der Waals surface area (Å²) in [5.41, 5.74) is -0.535. The van der Waals surface area contributed by atoms with E-state index < -0.39 is 11.4 Å². The fourth-order valence-corrected chi connectivity index (χ4v) is 3.16. The summed E-state index contributed by atoms with van der Waals surface area (Å²) in [5, 5.41) is 12.1. The molecule has 0 atom stereocenters. The van der Waals surface area contributed by atoms with Crippen LogP contribution in [0.15, 0.2) is 0 Å². The Balaban J connectivity index is 1.80. The topological polar surface area (TPSA) is 66.4 Å². The van der Waals surface area contributed by atoms with Crippen molar-refractivity contribution in [3.63, 3.8) is 0 Å². The molecule has 0 unspecified atom stereocenters. The molecule has 4 heteroatoms. The Bertz CT molecular complexity index is 341. The predicted molar refractivity (Wildman–Crippen MR) is 68.1 cm³/mol. The van der Waals surface area contributed by atoms with Crippen molar-refractivity contribution < 1.29 is 14.7 Å². The summed E-state index contributed by atoms with van der Waals surface area (Å²) in [6.45, 7) is 2.90. The van der Waals surface area contributed by atoms with Gasteiger partial charge in [0.25, 0.3) is 0 Å². The maximum Gasteiger partial charge on any atom is 0.310 e. The van der Waals surface area contributed by atoms with E-state index in [4.69, 9.17) is 0 Å². The van der Waals surface area contributed by atoms with Gasteiger partial charge in [0, 0.05) is 13.0 Å². The average molecular weight is 253 g/mol. The van der Waals surface area contributed by atoms with E-state index in [1.54, 1.807) is 0 Å². The Hall–Kier alpha value is -1.06. The zero-order valence-corrected chi connectivity index (χ0v) is 11.1. The molecule has 2 N–H and O–H groups in total. The molecule has 0 aromatic rings. The van der Waals surface area contributed by atoms with E-state index in [1.165, 1.54) is 12.8 Å². The molecule has 0 bridgehead atoms. The van der Waals surface area contributed by atoms with E-state index in [-0.39, 0.29) is 17.7 Å². The summed E-state index contributed by atoms with van der Waals surface area (Å²) in [5.74, 6) is -0.902. The highest BCUT2D eigenvalue weighted by Gasteiger charge is 2.46. The molecule has 0 spiro atoms. The first-order chi connectivity index (χ1) is 8.46. The van der Waals surface area contributed by atoms with E-state index in [0.29, 0.717) is 19.4 Å². The normalized spacial score (nSPS) is 24.3. The maximum absolute atomic E-state index is 11.9. The molecular formula is C14H23NO3. The van der Waals surface area contributed by atoms with Crippen molar-refractivity contribution in [3.05, 3.63) is 0 Å². The minimum atomic E-state index is -0.809. The second-order valence-electron chi connectivity index (χ2n) is 6.41. The molecule has 2 fully saturated rings. The Morgan fingerprint density at radius 2 is 1.72 bits per heavy atom. The molecule has 0 saturated heterocycles. The molecule has 2 aliphatic rings. The van der Waals surface area contributed by atoms with Crippen molar-refractivity contribution >= 4 is 11.9 Å². The third-order valence-electron chi connectivity index (χ3n) is 4.79. The van der Waals surface area contributed by atoms with Crippen LogP contribution in [0.25, 0.3) is 0 Å². The van der Waals surface area contributed by atoms with Crippen molar-refractivity contribution in [3.8, 4) is 0 Å². The van der Waals surface area contributed by atoms with Gasteiger partial charge in [0.1, 0.15) is 0 Å². The third-order valence-corrected chi connectivity index (χ3v) is 4.79. The number of hydrogen-bond acceptors (Lipinski definition) is 2. The Morgan fingerprint density at radius 1 is 1.11 bits per heavy atom. The third kappa shape index (κ3) is 2.68. The summed E-state index contributed by atoms with van der Waals surface area (Å²) in [4.78, 5) is 23.1. The minimum absolute atomic E-state index is 0.0924. The number of amides is 1. The first-order valence-electron chi connectivity index (χ1n) is 6.96. The quantitative estimate of drug-likeness (QED) is 0.790. The van der Waals surface area contributed by atoms with Gasteiger partial charge in [-0.1, -0.05) is 26.2 Å². The lowest BCUT2D eigenvalue weighted by molar-refractivity contribution is -0.157. The van der Waals surface area contributed by atoms with E-state index in [1.807, 2.05) is 0 Å². The van der Waals surface area contributed by atoms with Crippen LogP contribution in [0.1, 0.15) is 58.3 Å². The van der Waals surface area contributed by atoms with E-state index in [2.05, 4.69) is 12.2 Å². The highest BCUT2D eigenvalue weighted by atomic mass is 16.4. The SMILES string of the molecule is CC1(CNC(=O)CC2(C(=O)O)CCC2)CCCC1. The molecule has 0 aliphatic heterocycles. The van der Waals surface area contributed by atoms with Crippen LogP contribution in [-0.2, 0) is 9.59 Å². The number of carboxylic acids is 1. The van der Waals surface area contributed by atoms with Gasteiger partial charge in [-0.05, 0) is 31.1 Å². The smallest absolute Gasteiger partial charge is 0.310 e. The second-order valence-corrected chi connectivity index (χ2v) is 6.41. The molecular weight excluding hydrogens is 230 g/mol. The zero-order valence-electron chi connectivity index (χ0n) is 11.1. The summed E-state index contributed by atoms with van der Waals surface area (Å²) in [6, 6.07) is 0. The number of aliphatic carboxylic acids is 1. The standard InChI is InChI=1S/C14H23NO3/c1-13(5-2-3-6-13)10-15-11(16)9-14(12(17)18)7-4-8-14/h2-10H2,1H3,(H,15,16)(H,17,18). The van der Waals surface area contributed by atoms with Crippen molar-refractivity contribution in [1.82, 2.24) is 5.32 Å². The predicted octanol–water partition coefficient (Wildman–Crippen LogP) is 2.33. The minimum Gasteiger partial charge on any atom is -0.481 e. The molecule has 0 heterocycles. The molecule has 1 amide bonds. The lowest BCUT2D eigenvalue weighted by Gasteiger charge is -2.37. The summed E-state index contributed by atoms with van der Waals surface area (Å²) >= 11 is 0. The highest BCUT2D eigenvalue weighted by Crippen LogP contribution is 2.44. The Labute approximate surface area is 108 Å². The van der Waals surface area contributed by atoms with Crippen LogP contribution < -0.4 is 5.32 Å². The number of carbonyl (C=O) groups excluding carboxylic acids is 1. The number of nitrogens with one attached hydrogen (secondary N) is 1. The molecule has 18 heavy (non-hydrogen) atoms. The van der Waals surface area contributed by atoms with Crippen molar-refractivity contribution in [2.45, 2.75) is 58.3 Å². The molecule has 2 rings (SSSR count).